The Hall–Kier alpha value is -0.300. The van der Waals surface area contributed by atoms with E-state index in [-0.39, 0.29) is 0 Å². The van der Waals surface area contributed by atoms with Crippen LogP contribution in [0.3, 0.4) is 0 Å². The Kier molecular flexibility index (Phi) is 2.38. The normalized spacial score (nSPS) is 36.5. The van der Waals surface area contributed by atoms with Gasteiger partial charge in [0, 0.05) is 6.61 Å². The molecule has 1 aliphatic rings. The first-order valence-electron chi connectivity index (χ1n) is 4.36. The summed E-state index contributed by atoms with van der Waals surface area (Å²) in [5.74, 6) is 0.662. The third kappa shape index (κ3) is 1.48. The van der Waals surface area contributed by atoms with E-state index in [1.54, 1.807) is 0 Å². The van der Waals surface area contributed by atoms with E-state index < -0.39 is 0 Å². The summed E-state index contributed by atoms with van der Waals surface area (Å²) < 4.78 is 0. The zero-order chi connectivity index (χ0) is 8.48. The lowest BCUT2D eigenvalue weighted by molar-refractivity contribution is 0.0472. The molecule has 1 heteroatoms. The van der Waals surface area contributed by atoms with Crippen LogP contribution in [0.25, 0.3) is 0 Å². The highest BCUT2D eigenvalue weighted by Gasteiger charge is 2.41. The molecule has 0 aromatic carbocycles. The summed E-state index contributed by atoms with van der Waals surface area (Å²) in [4.78, 5) is 0. The molecule has 11 heavy (non-hydrogen) atoms. The van der Waals surface area contributed by atoms with Crippen LogP contribution in [-0.2, 0) is 0 Å². The predicted octanol–water partition coefficient (Wildman–Crippen LogP) is 2.36. The molecule has 0 spiro atoms. The molecule has 1 nitrogen and oxygen atoms in total. The van der Waals surface area contributed by atoms with Crippen molar-refractivity contribution >= 4 is 0 Å². The van der Waals surface area contributed by atoms with Gasteiger partial charge in [-0.3, -0.25) is 0 Å². The Bertz CT molecular complexity index is 162. The maximum atomic E-state index is 8.84. The lowest BCUT2D eigenvalue weighted by atomic mass is 9.57. The number of hydrogen-bond acceptors (Lipinski definition) is 1. The Labute approximate surface area is 69.1 Å². The zero-order valence-electron chi connectivity index (χ0n) is 7.56. The summed E-state index contributed by atoms with van der Waals surface area (Å²) in [6.45, 7) is 8.65. The summed E-state index contributed by atoms with van der Waals surface area (Å²) in [6.07, 6.45) is 3.46. The van der Waals surface area contributed by atoms with Gasteiger partial charge < -0.3 is 5.11 Å². The van der Waals surface area contributed by atoms with Crippen molar-refractivity contribution in [2.75, 3.05) is 6.61 Å². The van der Waals surface area contributed by atoms with E-state index >= 15 is 0 Å². The van der Waals surface area contributed by atoms with E-state index in [1.807, 2.05) is 0 Å². The molecule has 0 saturated heterocycles. The first kappa shape index (κ1) is 8.79. The van der Waals surface area contributed by atoms with E-state index in [1.165, 1.54) is 18.4 Å². The molecule has 1 fully saturated rings. The molecule has 0 aromatic heterocycles. The minimum Gasteiger partial charge on any atom is -0.396 e. The molecule has 1 N–H and O–H groups in total. The van der Waals surface area contributed by atoms with Crippen LogP contribution in [0.2, 0.25) is 0 Å². The average Bonchev–Trinajstić information content (AvgIpc) is 1.85. The first-order valence-corrected chi connectivity index (χ1v) is 4.36. The van der Waals surface area contributed by atoms with Crippen molar-refractivity contribution in [2.24, 2.45) is 11.3 Å². The maximum absolute atomic E-state index is 8.84. The Balaban J connectivity index is 2.52. The van der Waals surface area contributed by atoms with Crippen molar-refractivity contribution in [3.63, 3.8) is 0 Å². The summed E-state index contributed by atoms with van der Waals surface area (Å²) >= 11 is 0. The van der Waals surface area contributed by atoms with Crippen molar-refractivity contribution in [3.05, 3.63) is 12.2 Å². The molecular weight excluding hydrogens is 136 g/mol. The topological polar surface area (TPSA) is 20.2 Å². The first-order chi connectivity index (χ1) is 5.10. The highest BCUT2D eigenvalue weighted by Crippen LogP contribution is 2.51. The number of hydrogen-bond donors (Lipinski definition) is 1. The fourth-order valence-electron chi connectivity index (χ4n) is 2.18. The van der Waals surface area contributed by atoms with E-state index in [4.69, 9.17) is 5.11 Å². The van der Waals surface area contributed by atoms with Gasteiger partial charge in [0.25, 0.3) is 0 Å². The van der Waals surface area contributed by atoms with Gasteiger partial charge in [0.1, 0.15) is 0 Å². The van der Waals surface area contributed by atoms with Crippen molar-refractivity contribution < 1.29 is 5.11 Å². The highest BCUT2D eigenvalue weighted by molar-refractivity contribution is 5.09. The molecule has 2 atom stereocenters. The standard InChI is InChI=1S/C10H18O/c1-8(2)9-4-5-10(9,3)6-7-11/h9,11H,1,4-7H2,2-3H3/t9-,10+/m0/s1. The van der Waals surface area contributed by atoms with Crippen molar-refractivity contribution in [1.29, 1.82) is 0 Å². The molecule has 0 aliphatic heterocycles. The average molecular weight is 154 g/mol. The van der Waals surface area contributed by atoms with Gasteiger partial charge in [0.15, 0.2) is 0 Å². The lowest BCUT2D eigenvalue weighted by Crippen LogP contribution is -2.38. The lowest BCUT2D eigenvalue weighted by Gasteiger charge is -2.47. The van der Waals surface area contributed by atoms with Gasteiger partial charge in [0.2, 0.25) is 0 Å². The zero-order valence-corrected chi connectivity index (χ0v) is 7.56. The summed E-state index contributed by atoms with van der Waals surface area (Å²) in [5.41, 5.74) is 1.65. The van der Waals surface area contributed by atoms with Gasteiger partial charge in [-0.2, -0.15) is 0 Å². The van der Waals surface area contributed by atoms with Gasteiger partial charge in [-0.25, -0.2) is 0 Å². The summed E-state index contributed by atoms with van der Waals surface area (Å²) in [6, 6.07) is 0. The number of aliphatic hydroxyl groups excluding tert-OH is 1. The fourth-order valence-corrected chi connectivity index (χ4v) is 2.18. The molecule has 0 heterocycles. The smallest absolute Gasteiger partial charge is 0.0436 e. The van der Waals surface area contributed by atoms with Gasteiger partial charge in [0.05, 0.1) is 0 Å². The van der Waals surface area contributed by atoms with E-state index in [0.29, 0.717) is 17.9 Å². The van der Waals surface area contributed by atoms with Crippen molar-refractivity contribution in [1.82, 2.24) is 0 Å². The van der Waals surface area contributed by atoms with Gasteiger partial charge >= 0.3 is 0 Å². The van der Waals surface area contributed by atoms with Crippen LogP contribution >= 0.6 is 0 Å². The Morgan fingerprint density at radius 1 is 1.73 bits per heavy atom. The molecule has 0 unspecified atom stereocenters. The Morgan fingerprint density at radius 2 is 2.36 bits per heavy atom. The molecule has 0 radical (unpaired) electrons. The monoisotopic (exact) mass is 154 g/mol. The predicted molar refractivity (Wildman–Crippen MR) is 47.3 cm³/mol. The second-order valence-corrected chi connectivity index (χ2v) is 4.07. The molecule has 0 amide bonds. The molecule has 0 aromatic rings. The van der Waals surface area contributed by atoms with Gasteiger partial charge in [-0.1, -0.05) is 19.1 Å². The molecule has 1 rings (SSSR count). The summed E-state index contributed by atoms with van der Waals surface area (Å²) in [5, 5.41) is 8.84. The SMILES string of the molecule is C=C(C)[C@@H]1CC[C@]1(C)CCO. The number of rotatable bonds is 3. The molecule has 1 saturated carbocycles. The Morgan fingerprint density at radius 3 is 2.64 bits per heavy atom. The van der Waals surface area contributed by atoms with E-state index in [9.17, 15) is 0 Å². The van der Waals surface area contributed by atoms with Crippen molar-refractivity contribution in [3.8, 4) is 0 Å². The van der Waals surface area contributed by atoms with E-state index in [2.05, 4.69) is 20.4 Å². The second kappa shape index (κ2) is 2.98. The van der Waals surface area contributed by atoms with Crippen LogP contribution in [0.5, 0.6) is 0 Å². The largest absolute Gasteiger partial charge is 0.396 e. The summed E-state index contributed by atoms with van der Waals surface area (Å²) in [7, 11) is 0. The molecule has 0 bridgehead atoms. The second-order valence-electron chi connectivity index (χ2n) is 4.07. The third-order valence-corrected chi connectivity index (χ3v) is 3.12. The molecule has 1 aliphatic carbocycles. The molecular formula is C10H18O. The van der Waals surface area contributed by atoms with Crippen LogP contribution < -0.4 is 0 Å². The number of aliphatic hydroxyl groups is 1. The third-order valence-electron chi connectivity index (χ3n) is 3.12. The van der Waals surface area contributed by atoms with Crippen LogP contribution in [0.15, 0.2) is 12.2 Å². The van der Waals surface area contributed by atoms with Gasteiger partial charge in [-0.15, -0.1) is 0 Å². The minimum absolute atomic E-state index is 0.320. The minimum atomic E-state index is 0.320. The van der Waals surface area contributed by atoms with E-state index in [0.717, 1.165) is 6.42 Å². The quantitative estimate of drug-likeness (QED) is 0.619. The van der Waals surface area contributed by atoms with Crippen LogP contribution in [-0.4, -0.2) is 11.7 Å². The van der Waals surface area contributed by atoms with Crippen LogP contribution in [0.4, 0.5) is 0 Å². The van der Waals surface area contributed by atoms with Crippen LogP contribution in [0, 0.1) is 11.3 Å². The molecule has 64 valence electrons. The van der Waals surface area contributed by atoms with Gasteiger partial charge in [-0.05, 0) is 37.5 Å². The maximum Gasteiger partial charge on any atom is 0.0436 e. The van der Waals surface area contributed by atoms with Crippen LogP contribution in [0.1, 0.15) is 33.1 Å². The fraction of sp³-hybridized carbons (Fsp3) is 0.800. The highest BCUT2D eigenvalue weighted by atomic mass is 16.3. The number of allylic oxidation sites excluding steroid dienone is 1. The van der Waals surface area contributed by atoms with Crippen molar-refractivity contribution in [2.45, 2.75) is 33.1 Å².